The number of aliphatic hydroxyl groups is 1. The topological polar surface area (TPSA) is 82.9 Å². The summed E-state index contributed by atoms with van der Waals surface area (Å²) in [5.41, 5.74) is 0.773. The Morgan fingerprint density at radius 2 is 2.08 bits per heavy atom. The zero-order valence-corrected chi connectivity index (χ0v) is 21.6. The van der Waals surface area contributed by atoms with Gasteiger partial charge in [-0.15, -0.1) is 11.8 Å². The number of aliphatic carboxylic acids is 1. The van der Waals surface area contributed by atoms with Crippen molar-refractivity contribution in [2.45, 2.75) is 36.7 Å². The normalized spacial score (nSPS) is 19.1. The molecule has 0 aliphatic carbocycles. The molecule has 198 valence electrons. The summed E-state index contributed by atoms with van der Waals surface area (Å²) in [6, 6.07) is 11.7. The number of rotatable bonds is 11. The number of carboxylic acid groups (broad SMARTS) is 1. The quantitative estimate of drug-likeness (QED) is 0.315. The molecule has 1 aromatic heterocycles. The maximum absolute atomic E-state index is 14.8. The average molecular weight is 531 g/mol. The van der Waals surface area contributed by atoms with Crippen molar-refractivity contribution in [1.29, 1.82) is 0 Å². The third kappa shape index (κ3) is 7.18. The van der Waals surface area contributed by atoms with E-state index in [9.17, 15) is 23.8 Å². The van der Waals surface area contributed by atoms with E-state index in [2.05, 4.69) is 9.88 Å². The Hall–Kier alpha value is -2.75. The molecule has 1 aliphatic heterocycles. The van der Waals surface area contributed by atoms with Crippen LogP contribution in [0.4, 0.5) is 8.78 Å². The van der Waals surface area contributed by atoms with Crippen LogP contribution in [0.1, 0.15) is 37.4 Å². The molecular weight excluding hydrogens is 498 g/mol. The monoisotopic (exact) mass is 530 g/mol. The minimum absolute atomic E-state index is 0.0536. The molecule has 1 saturated heterocycles. The van der Waals surface area contributed by atoms with Crippen molar-refractivity contribution in [3.63, 3.8) is 0 Å². The van der Waals surface area contributed by atoms with Crippen LogP contribution in [-0.4, -0.2) is 58.6 Å². The highest BCUT2D eigenvalue weighted by atomic mass is 32.2. The van der Waals surface area contributed by atoms with Crippen LogP contribution in [-0.2, 0) is 4.79 Å². The zero-order chi connectivity index (χ0) is 26.4. The lowest BCUT2D eigenvalue weighted by Crippen LogP contribution is -2.42. The smallest absolute Gasteiger partial charge is 0.303 e. The molecule has 0 radical (unpaired) electrons. The predicted octanol–water partition coefficient (Wildman–Crippen LogP) is 5.54. The van der Waals surface area contributed by atoms with E-state index in [1.807, 2.05) is 6.07 Å². The summed E-state index contributed by atoms with van der Waals surface area (Å²) in [6.45, 7) is 2.26. The number of piperidine rings is 1. The Morgan fingerprint density at radius 1 is 1.24 bits per heavy atom. The first-order valence-electron chi connectivity index (χ1n) is 12.5. The second-order valence-electron chi connectivity index (χ2n) is 9.51. The van der Waals surface area contributed by atoms with Crippen molar-refractivity contribution in [2.24, 2.45) is 11.8 Å². The molecule has 2 aromatic carbocycles. The summed E-state index contributed by atoms with van der Waals surface area (Å²) in [4.78, 5) is 18.8. The van der Waals surface area contributed by atoms with E-state index in [4.69, 9.17) is 4.74 Å². The Labute approximate surface area is 219 Å². The summed E-state index contributed by atoms with van der Waals surface area (Å²) < 4.78 is 33.4. The molecule has 1 aliphatic rings. The fourth-order valence-corrected chi connectivity index (χ4v) is 6.15. The molecule has 3 unspecified atom stereocenters. The van der Waals surface area contributed by atoms with Crippen LogP contribution >= 0.6 is 11.8 Å². The Kier molecular flexibility index (Phi) is 9.34. The molecule has 2 N–H and O–H groups in total. The molecule has 0 amide bonds. The fraction of sp³-hybridized carbons (Fsp3) is 0.429. The molecule has 2 heterocycles. The molecular formula is C28H32F2N2O4S. The molecule has 0 spiro atoms. The molecule has 0 saturated carbocycles. The number of fused-ring (bicyclic) bond motifs is 1. The predicted molar refractivity (Wildman–Crippen MR) is 140 cm³/mol. The number of likely N-dealkylation sites (tertiary alicyclic amines) is 1. The van der Waals surface area contributed by atoms with Crippen LogP contribution in [0.3, 0.4) is 0 Å². The molecule has 37 heavy (non-hydrogen) atoms. The standard InChI is InChI=1S/C28H32F2N2O4S/c1-36-21-6-7-25-23(15-21)28(24(30)16-31-25)26(33)8-5-18-9-10-32(17-19(18)13-27(34)35)11-12-37-22-4-2-3-20(29)14-22/h2-4,6-7,14-16,18-19,26,33H,5,8-13,17H2,1H3,(H,34,35). The molecule has 4 rings (SSSR count). The number of pyridine rings is 1. The second-order valence-corrected chi connectivity index (χ2v) is 10.7. The van der Waals surface area contributed by atoms with Crippen molar-refractivity contribution in [3.8, 4) is 5.75 Å². The number of carboxylic acids is 1. The number of methoxy groups -OCH3 is 1. The number of ether oxygens (including phenoxy) is 1. The number of carbonyl (C=O) groups is 1. The maximum atomic E-state index is 14.8. The summed E-state index contributed by atoms with van der Waals surface area (Å²) in [7, 11) is 1.53. The van der Waals surface area contributed by atoms with Gasteiger partial charge in [0.15, 0.2) is 0 Å². The minimum atomic E-state index is -1.04. The largest absolute Gasteiger partial charge is 0.497 e. The van der Waals surface area contributed by atoms with E-state index in [1.54, 1.807) is 36.0 Å². The van der Waals surface area contributed by atoms with Crippen molar-refractivity contribution >= 4 is 28.6 Å². The van der Waals surface area contributed by atoms with Gasteiger partial charge in [-0.25, -0.2) is 8.78 Å². The number of halogens is 2. The summed E-state index contributed by atoms with van der Waals surface area (Å²) in [5, 5.41) is 21.0. The molecule has 3 atom stereocenters. The highest BCUT2D eigenvalue weighted by molar-refractivity contribution is 7.99. The second kappa shape index (κ2) is 12.7. The van der Waals surface area contributed by atoms with Gasteiger partial charge in [-0.1, -0.05) is 6.07 Å². The van der Waals surface area contributed by atoms with E-state index in [0.717, 1.165) is 36.4 Å². The molecule has 9 heteroatoms. The van der Waals surface area contributed by atoms with Crippen LogP contribution in [0.25, 0.3) is 10.9 Å². The van der Waals surface area contributed by atoms with Gasteiger partial charge in [-0.2, -0.15) is 0 Å². The van der Waals surface area contributed by atoms with Gasteiger partial charge in [0.25, 0.3) is 0 Å². The number of aliphatic hydroxyl groups excluding tert-OH is 1. The van der Waals surface area contributed by atoms with E-state index in [0.29, 0.717) is 36.0 Å². The van der Waals surface area contributed by atoms with E-state index >= 15 is 0 Å². The maximum Gasteiger partial charge on any atom is 0.303 e. The van der Waals surface area contributed by atoms with Gasteiger partial charge in [0.2, 0.25) is 0 Å². The molecule has 3 aromatic rings. The van der Waals surface area contributed by atoms with Crippen LogP contribution < -0.4 is 4.74 Å². The summed E-state index contributed by atoms with van der Waals surface area (Å²) in [6.07, 6.45) is 1.87. The first-order chi connectivity index (χ1) is 17.8. The first-order valence-corrected chi connectivity index (χ1v) is 13.5. The number of aromatic nitrogens is 1. The third-order valence-electron chi connectivity index (χ3n) is 7.10. The molecule has 0 bridgehead atoms. The van der Waals surface area contributed by atoms with Crippen molar-refractivity contribution in [2.75, 3.05) is 32.5 Å². The first kappa shape index (κ1) is 27.3. The lowest BCUT2D eigenvalue weighted by molar-refractivity contribution is -0.139. The van der Waals surface area contributed by atoms with E-state index < -0.39 is 17.9 Å². The van der Waals surface area contributed by atoms with Gasteiger partial charge in [-0.05, 0) is 74.0 Å². The average Bonchev–Trinajstić information content (AvgIpc) is 2.87. The molecule has 1 fully saturated rings. The minimum Gasteiger partial charge on any atom is -0.497 e. The number of hydrogen-bond acceptors (Lipinski definition) is 6. The van der Waals surface area contributed by atoms with Gasteiger partial charge >= 0.3 is 5.97 Å². The number of hydrogen-bond donors (Lipinski definition) is 2. The van der Waals surface area contributed by atoms with Crippen LogP contribution in [0, 0.1) is 23.5 Å². The lowest BCUT2D eigenvalue weighted by atomic mass is 9.79. The van der Waals surface area contributed by atoms with Crippen LogP contribution in [0.2, 0.25) is 0 Å². The van der Waals surface area contributed by atoms with Crippen molar-refractivity contribution in [3.05, 3.63) is 65.9 Å². The van der Waals surface area contributed by atoms with Crippen LogP contribution in [0.15, 0.2) is 53.6 Å². The lowest BCUT2D eigenvalue weighted by Gasteiger charge is -2.38. The Balaban J connectivity index is 1.37. The third-order valence-corrected chi connectivity index (χ3v) is 8.07. The van der Waals surface area contributed by atoms with Gasteiger partial charge < -0.3 is 19.8 Å². The van der Waals surface area contributed by atoms with Gasteiger partial charge in [-0.3, -0.25) is 9.78 Å². The number of nitrogens with zero attached hydrogens (tertiary/aromatic N) is 2. The van der Waals surface area contributed by atoms with Crippen LogP contribution in [0.5, 0.6) is 5.75 Å². The van der Waals surface area contributed by atoms with Gasteiger partial charge in [0.05, 0.1) is 24.9 Å². The Morgan fingerprint density at radius 3 is 2.84 bits per heavy atom. The fourth-order valence-electron chi connectivity index (χ4n) is 5.19. The van der Waals surface area contributed by atoms with Crippen molar-refractivity contribution in [1.82, 2.24) is 9.88 Å². The van der Waals surface area contributed by atoms with Gasteiger partial charge in [0, 0.05) is 41.1 Å². The highest BCUT2D eigenvalue weighted by Gasteiger charge is 2.31. The SMILES string of the molecule is COc1ccc2ncc(F)c(C(O)CCC3CCN(CCSc4cccc(F)c4)CC3CC(=O)O)c2c1. The summed E-state index contributed by atoms with van der Waals surface area (Å²) in [5.74, 6) is -0.276. The number of benzene rings is 2. The van der Waals surface area contributed by atoms with Crippen molar-refractivity contribution < 1.29 is 28.5 Å². The zero-order valence-electron chi connectivity index (χ0n) is 20.8. The summed E-state index contributed by atoms with van der Waals surface area (Å²) >= 11 is 1.58. The highest BCUT2D eigenvalue weighted by Crippen LogP contribution is 2.36. The van der Waals surface area contributed by atoms with E-state index in [1.165, 1.54) is 19.2 Å². The molecule has 6 nitrogen and oxygen atoms in total. The Bertz CT molecular complexity index is 1230. The van der Waals surface area contributed by atoms with E-state index in [-0.39, 0.29) is 29.6 Å². The number of thioether (sulfide) groups is 1. The van der Waals surface area contributed by atoms with Gasteiger partial charge in [0.1, 0.15) is 17.4 Å².